The predicted molar refractivity (Wildman–Crippen MR) is 78.8 cm³/mol. The maximum atomic E-state index is 11.7. The number of nitrogens with two attached hydrogens (primary N) is 1. The van der Waals surface area contributed by atoms with E-state index in [1.165, 1.54) is 6.92 Å². The highest BCUT2D eigenvalue weighted by Gasteiger charge is 2.13. The van der Waals surface area contributed by atoms with Gasteiger partial charge in [0.1, 0.15) is 5.75 Å². The van der Waals surface area contributed by atoms with Crippen LogP contribution in [0.4, 0.5) is 5.69 Å². The van der Waals surface area contributed by atoms with Gasteiger partial charge in [0.2, 0.25) is 0 Å². The van der Waals surface area contributed by atoms with Gasteiger partial charge in [0, 0.05) is 11.7 Å². The Labute approximate surface area is 119 Å². The number of carbonyl (C=O) groups excluding carboxylic acids is 2. The van der Waals surface area contributed by atoms with E-state index in [1.807, 2.05) is 20.8 Å². The van der Waals surface area contributed by atoms with E-state index in [4.69, 9.17) is 10.5 Å². The molecule has 0 aliphatic rings. The van der Waals surface area contributed by atoms with Crippen LogP contribution in [-0.4, -0.2) is 24.3 Å². The van der Waals surface area contributed by atoms with Gasteiger partial charge in [0.05, 0.1) is 5.56 Å². The fraction of sp³-hybridized carbons (Fsp3) is 0.467. The van der Waals surface area contributed by atoms with Crippen molar-refractivity contribution in [3.63, 3.8) is 0 Å². The van der Waals surface area contributed by atoms with Crippen LogP contribution in [0.15, 0.2) is 18.2 Å². The number of benzene rings is 1. The molecule has 5 heteroatoms. The molecule has 0 aromatic heterocycles. The van der Waals surface area contributed by atoms with Gasteiger partial charge in [-0.1, -0.05) is 13.8 Å². The van der Waals surface area contributed by atoms with Gasteiger partial charge in [-0.3, -0.25) is 9.59 Å². The van der Waals surface area contributed by atoms with Gasteiger partial charge >= 0.3 is 0 Å². The van der Waals surface area contributed by atoms with Gasteiger partial charge in [-0.2, -0.15) is 0 Å². The summed E-state index contributed by atoms with van der Waals surface area (Å²) in [6, 6.07) is 4.86. The van der Waals surface area contributed by atoms with Crippen LogP contribution in [0.1, 0.15) is 38.1 Å². The topological polar surface area (TPSA) is 81.4 Å². The summed E-state index contributed by atoms with van der Waals surface area (Å²) in [5, 5.41) is 2.84. The zero-order chi connectivity index (χ0) is 15.3. The van der Waals surface area contributed by atoms with Gasteiger partial charge in [-0.25, -0.2) is 0 Å². The molecule has 0 aliphatic carbocycles. The molecule has 1 atom stereocenters. The molecule has 110 valence electrons. The molecule has 1 unspecified atom stereocenters. The number of Topliss-reactive ketones (excluding diaryl/α,β-unsaturated/α-hetero) is 1. The maximum Gasteiger partial charge on any atom is 0.258 e. The monoisotopic (exact) mass is 278 g/mol. The molecule has 0 saturated heterocycles. The number of carbonyl (C=O) groups is 2. The molecular formula is C15H22N2O3. The molecule has 3 N–H and O–H groups in total. The van der Waals surface area contributed by atoms with E-state index in [-0.39, 0.29) is 24.3 Å². The molecule has 20 heavy (non-hydrogen) atoms. The first kappa shape index (κ1) is 16.0. The van der Waals surface area contributed by atoms with Crippen LogP contribution in [0.2, 0.25) is 0 Å². The summed E-state index contributed by atoms with van der Waals surface area (Å²) in [6.07, 6.45) is 0. The van der Waals surface area contributed by atoms with Crippen LogP contribution >= 0.6 is 0 Å². The Morgan fingerprint density at radius 1 is 1.30 bits per heavy atom. The smallest absolute Gasteiger partial charge is 0.258 e. The Morgan fingerprint density at radius 2 is 1.95 bits per heavy atom. The first-order chi connectivity index (χ1) is 9.31. The molecular weight excluding hydrogens is 256 g/mol. The van der Waals surface area contributed by atoms with Crippen molar-refractivity contribution in [1.82, 2.24) is 5.32 Å². The van der Waals surface area contributed by atoms with Crippen molar-refractivity contribution in [2.24, 2.45) is 5.92 Å². The highest BCUT2D eigenvalue weighted by Crippen LogP contribution is 2.21. The SMILES string of the molecule is CC(=O)c1cc(N)ccc1OCC(=O)NC(C)C(C)C. The van der Waals surface area contributed by atoms with E-state index in [9.17, 15) is 9.59 Å². The van der Waals surface area contributed by atoms with Crippen LogP contribution < -0.4 is 15.8 Å². The van der Waals surface area contributed by atoms with Crippen molar-refractivity contribution in [3.8, 4) is 5.75 Å². The number of amides is 1. The fourth-order valence-electron chi connectivity index (χ4n) is 1.55. The summed E-state index contributed by atoms with van der Waals surface area (Å²) >= 11 is 0. The molecule has 0 radical (unpaired) electrons. The summed E-state index contributed by atoms with van der Waals surface area (Å²) in [5.41, 5.74) is 6.50. The molecule has 1 aromatic carbocycles. The number of ketones is 1. The zero-order valence-corrected chi connectivity index (χ0v) is 12.4. The van der Waals surface area contributed by atoms with Crippen LogP contribution in [0.3, 0.4) is 0 Å². The lowest BCUT2D eigenvalue weighted by molar-refractivity contribution is -0.124. The minimum absolute atomic E-state index is 0.0739. The Hall–Kier alpha value is -2.04. The first-order valence-corrected chi connectivity index (χ1v) is 6.64. The third kappa shape index (κ3) is 4.57. The molecule has 0 saturated carbocycles. The molecule has 0 aliphatic heterocycles. The maximum absolute atomic E-state index is 11.7. The minimum atomic E-state index is -0.211. The fourth-order valence-corrected chi connectivity index (χ4v) is 1.55. The standard InChI is InChI=1S/C15H22N2O3/c1-9(2)10(3)17-15(19)8-20-14-6-5-12(16)7-13(14)11(4)18/h5-7,9-10H,8,16H2,1-4H3,(H,17,19). The van der Waals surface area contributed by atoms with Crippen LogP contribution in [0.25, 0.3) is 0 Å². The van der Waals surface area contributed by atoms with Gasteiger partial charge < -0.3 is 15.8 Å². The lowest BCUT2D eigenvalue weighted by atomic mass is 10.1. The van der Waals surface area contributed by atoms with Crippen molar-refractivity contribution >= 4 is 17.4 Å². The Morgan fingerprint density at radius 3 is 2.50 bits per heavy atom. The van der Waals surface area contributed by atoms with Gasteiger partial charge in [0.25, 0.3) is 5.91 Å². The molecule has 0 heterocycles. The molecule has 1 rings (SSSR count). The molecule has 0 spiro atoms. The largest absolute Gasteiger partial charge is 0.483 e. The second-order valence-corrected chi connectivity index (χ2v) is 5.20. The minimum Gasteiger partial charge on any atom is -0.483 e. The number of nitrogen functional groups attached to an aromatic ring is 1. The highest BCUT2D eigenvalue weighted by atomic mass is 16.5. The van der Waals surface area contributed by atoms with E-state index in [1.54, 1.807) is 18.2 Å². The van der Waals surface area contributed by atoms with E-state index >= 15 is 0 Å². The van der Waals surface area contributed by atoms with E-state index in [0.717, 1.165) is 0 Å². The van der Waals surface area contributed by atoms with Crippen LogP contribution in [0, 0.1) is 5.92 Å². The molecule has 0 bridgehead atoms. The first-order valence-electron chi connectivity index (χ1n) is 6.64. The van der Waals surface area contributed by atoms with Gasteiger partial charge in [0.15, 0.2) is 12.4 Å². The number of anilines is 1. The number of rotatable bonds is 6. The number of hydrogen-bond acceptors (Lipinski definition) is 4. The van der Waals surface area contributed by atoms with E-state index in [2.05, 4.69) is 5.32 Å². The van der Waals surface area contributed by atoms with Crippen LogP contribution in [-0.2, 0) is 4.79 Å². The highest BCUT2D eigenvalue weighted by molar-refractivity contribution is 5.97. The van der Waals surface area contributed by atoms with Crippen molar-refractivity contribution < 1.29 is 14.3 Å². The average molecular weight is 278 g/mol. The van der Waals surface area contributed by atoms with E-state index in [0.29, 0.717) is 22.9 Å². The summed E-state index contributed by atoms with van der Waals surface area (Å²) < 4.78 is 5.41. The van der Waals surface area contributed by atoms with Crippen molar-refractivity contribution in [1.29, 1.82) is 0 Å². The zero-order valence-electron chi connectivity index (χ0n) is 12.4. The molecule has 1 aromatic rings. The second kappa shape index (κ2) is 6.93. The third-order valence-electron chi connectivity index (χ3n) is 3.13. The summed E-state index contributed by atoms with van der Waals surface area (Å²) in [5.74, 6) is 0.364. The number of nitrogens with one attached hydrogen (secondary N) is 1. The summed E-state index contributed by atoms with van der Waals surface area (Å²) in [4.78, 5) is 23.2. The van der Waals surface area contributed by atoms with Crippen molar-refractivity contribution in [3.05, 3.63) is 23.8 Å². The lowest BCUT2D eigenvalue weighted by Gasteiger charge is -2.18. The Bertz CT molecular complexity index is 498. The lowest BCUT2D eigenvalue weighted by Crippen LogP contribution is -2.39. The van der Waals surface area contributed by atoms with Crippen LogP contribution in [0.5, 0.6) is 5.75 Å². The molecule has 1 amide bonds. The van der Waals surface area contributed by atoms with Crippen molar-refractivity contribution in [2.75, 3.05) is 12.3 Å². The second-order valence-electron chi connectivity index (χ2n) is 5.20. The van der Waals surface area contributed by atoms with Gasteiger partial charge in [-0.05, 0) is 38.0 Å². The summed E-state index contributed by atoms with van der Waals surface area (Å²) in [7, 11) is 0. The number of hydrogen-bond donors (Lipinski definition) is 2. The summed E-state index contributed by atoms with van der Waals surface area (Å²) in [6.45, 7) is 7.30. The van der Waals surface area contributed by atoms with Crippen molar-refractivity contribution in [2.45, 2.75) is 33.7 Å². The quantitative estimate of drug-likeness (QED) is 0.616. The predicted octanol–water partition coefficient (Wildman–Crippen LogP) is 2.01. The molecule has 0 fully saturated rings. The Kier molecular flexibility index (Phi) is 5.55. The van der Waals surface area contributed by atoms with Gasteiger partial charge in [-0.15, -0.1) is 0 Å². The average Bonchev–Trinajstić information content (AvgIpc) is 2.36. The number of ether oxygens (including phenoxy) is 1. The van der Waals surface area contributed by atoms with E-state index < -0.39 is 0 Å². The Balaban J connectivity index is 2.66. The third-order valence-corrected chi connectivity index (χ3v) is 3.13. The molecule has 5 nitrogen and oxygen atoms in total. The normalized spacial score (nSPS) is 12.1.